The van der Waals surface area contributed by atoms with Crippen molar-refractivity contribution in [3.63, 3.8) is 0 Å². The van der Waals surface area contributed by atoms with Crippen LogP contribution in [-0.2, 0) is 6.18 Å². The number of rotatable bonds is 4. The maximum atomic E-state index is 13.3. The molecule has 0 amide bonds. The standard InChI is InChI=1S/C13H17F4N/c1-4-12(18-8(2)3)9-5-10(13(15,16)17)7-11(14)6-9/h5-8,12,18H,4H2,1-3H3. The molecule has 1 aromatic rings. The van der Waals surface area contributed by atoms with Crippen LogP contribution < -0.4 is 5.32 Å². The van der Waals surface area contributed by atoms with Crippen LogP contribution in [0.4, 0.5) is 17.6 Å². The fraction of sp³-hybridized carbons (Fsp3) is 0.538. The number of halogens is 4. The second-order valence-corrected chi connectivity index (χ2v) is 4.55. The van der Waals surface area contributed by atoms with Crippen molar-refractivity contribution >= 4 is 0 Å². The van der Waals surface area contributed by atoms with Gasteiger partial charge in [0.1, 0.15) is 5.82 Å². The van der Waals surface area contributed by atoms with Gasteiger partial charge in [0, 0.05) is 12.1 Å². The predicted octanol–water partition coefficient (Wildman–Crippen LogP) is 4.29. The first kappa shape index (κ1) is 15.0. The van der Waals surface area contributed by atoms with E-state index in [2.05, 4.69) is 5.32 Å². The molecule has 0 spiro atoms. The molecule has 0 saturated carbocycles. The molecule has 1 unspecified atom stereocenters. The summed E-state index contributed by atoms with van der Waals surface area (Å²) >= 11 is 0. The molecule has 1 atom stereocenters. The first-order valence-electron chi connectivity index (χ1n) is 5.87. The number of benzene rings is 1. The van der Waals surface area contributed by atoms with Crippen LogP contribution in [0.25, 0.3) is 0 Å². The van der Waals surface area contributed by atoms with Crippen molar-refractivity contribution in [2.24, 2.45) is 0 Å². The largest absolute Gasteiger partial charge is 0.416 e. The van der Waals surface area contributed by atoms with Crippen LogP contribution in [0.3, 0.4) is 0 Å². The minimum Gasteiger partial charge on any atom is -0.308 e. The van der Waals surface area contributed by atoms with Gasteiger partial charge in [-0.2, -0.15) is 13.2 Å². The first-order chi connectivity index (χ1) is 8.24. The lowest BCUT2D eigenvalue weighted by Crippen LogP contribution is -2.28. The van der Waals surface area contributed by atoms with Crippen LogP contribution in [0.1, 0.15) is 44.4 Å². The lowest BCUT2D eigenvalue weighted by atomic mass is 10.0. The Balaban J connectivity index is 3.11. The Hall–Kier alpha value is -1.10. The van der Waals surface area contributed by atoms with Gasteiger partial charge in [0.05, 0.1) is 5.56 Å². The highest BCUT2D eigenvalue weighted by atomic mass is 19.4. The summed E-state index contributed by atoms with van der Waals surface area (Å²) in [6.45, 7) is 5.64. The molecule has 0 aliphatic carbocycles. The van der Waals surface area contributed by atoms with E-state index in [4.69, 9.17) is 0 Å². The maximum absolute atomic E-state index is 13.3. The minimum atomic E-state index is -4.52. The van der Waals surface area contributed by atoms with E-state index in [9.17, 15) is 17.6 Å². The van der Waals surface area contributed by atoms with Crippen molar-refractivity contribution in [3.05, 3.63) is 35.1 Å². The van der Waals surface area contributed by atoms with Gasteiger partial charge in [-0.1, -0.05) is 20.8 Å². The second-order valence-electron chi connectivity index (χ2n) is 4.55. The highest BCUT2D eigenvalue weighted by molar-refractivity contribution is 5.29. The van der Waals surface area contributed by atoms with E-state index in [1.807, 2.05) is 20.8 Å². The molecule has 0 aliphatic rings. The van der Waals surface area contributed by atoms with Gasteiger partial charge in [0.2, 0.25) is 0 Å². The van der Waals surface area contributed by atoms with E-state index < -0.39 is 17.6 Å². The zero-order valence-electron chi connectivity index (χ0n) is 10.6. The van der Waals surface area contributed by atoms with Crippen LogP contribution in [0, 0.1) is 5.82 Å². The number of hydrogen-bond donors (Lipinski definition) is 1. The van der Waals surface area contributed by atoms with Crippen molar-refractivity contribution in [2.45, 2.75) is 45.5 Å². The molecule has 0 aromatic heterocycles. The molecule has 1 N–H and O–H groups in total. The molecule has 0 saturated heterocycles. The monoisotopic (exact) mass is 263 g/mol. The van der Waals surface area contributed by atoms with E-state index in [1.54, 1.807) is 0 Å². The Bertz CT molecular complexity index is 398. The topological polar surface area (TPSA) is 12.0 Å². The third-order valence-corrected chi connectivity index (χ3v) is 2.59. The SMILES string of the molecule is CCC(NC(C)C)c1cc(F)cc(C(F)(F)F)c1. The molecule has 1 nitrogen and oxygen atoms in total. The van der Waals surface area contributed by atoms with Crippen molar-refractivity contribution in [3.8, 4) is 0 Å². The quantitative estimate of drug-likeness (QED) is 0.799. The average molecular weight is 263 g/mol. The van der Waals surface area contributed by atoms with Gasteiger partial charge in [0.25, 0.3) is 0 Å². The second kappa shape index (κ2) is 5.69. The van der Waals surface area contributed by atoms with Crippen LogP contribution in [0.5, 0.6) is 0 Å². The number of hydrogen-bond acceptors (Lipinski definition) is 1. The smallest absolute Gasteiger partial charge is 0.308 e. The first-order valence-corrected chi connectivity index (χ1v) is 5.87. The molecular weight excluding hydrogens is 246 g/mol. The molecule has 0 fully saturated rings. The molecule has 0 radical (unpaired) electrons. The molecule has 18 heavy (non-hydrogen) atoms. The van der Waals surface area contributed by atoms with E-state index in [0.29, 0.717) is 18.1 Å². The van der Waals surface area contributed by atoms with Crippen LogP contribution in [0.15, 0.2) is 18.2 Å². The van der Waals surface area contributed by atoms with E-state index in [-0.39, 0.29) is 12.1 Å². The summed E-state index contributed by atoms with van der Waals surface area (Å²) in [6.07, 6.45) is -3.92. The normalized spacial score (nSPS) is 14.0. The van der Waals surface area contributed by atoms with Gasteiger partial charge in [-0.15, -0.1) is 0 Å². The molecule has 1 rings (SSSR count). The molecule has 0 aliphatic heterocycles. The van der Waals surface area contributed by atoms with Crippen LogP contribution in [0.2, 0.25) is 0 Å². The highest BCUT2D eigenvalue weighted by Gasteiger charge is 2.31. The van der Waals surface area contributed by atoms with E-state index in [0.717, 1.165) is 12.1 Å². The molecule has 0 heterocycles. The lowest BCUT2D eigenvalue weighted by Gasteiger charge is -2.21. The molecule has 5 heteroatoms. The maximum Gasteiger partial charge on any atom is 0.416 e. The molecule has 1 aromatic carbocycles. The molecule has 102 valence electrons. The Labute approximate surface area is 104 Å². The van der Waals surface area contributed by atoms with Crippen LogP contribution in [-0.4, -0.2) is 6.04 Å². The summed E-state index contributed by atoms with van der Waals surface area (Å²) in [6, 6.07) is 2.52. The lowest BCUT2D eigenvalue weighted by molar-refractivity contribution is -0.137. The predicted molar refractivity (Wildman–Crippen MR) is 62.7 cm³/mol. The highest BCUT2D eigenvalue weighted by Crippen LogP contribution is 2.32. The van der Waals surface area contributed by atoms with Crippen molar-refractivity contribution in [2.75, 3.05) is 0 Å². The Morgan fingerprint density at radius 3 is 2.22 bits per heavy atom. The van der Waals surface area contributed by atoms with Gasteiger partial charge < -0.3 is 5.32 Å². The average Bonchev–Trinajstić information content (AvgIpc) is 2.23. The Morgan fingerprint density at radius 1 is 1.17 bits per heavy atom. The van der Waals surface area contributed by atoms with Crippen molar-refractivity contribution in [1.29, 1.82) is 0 Å². The van der Waals surface area contributed by atoms with Crippen molar-refractivity contribution in [1.82, 2.24) is 5.32 Å². The van der Waals surface area contributed by atoms with Gasteiger partial charge in [-0.05, 0) is 30.2 Å². The van der Waals surface area contributed by atoms with E-state index in [1.165, 1.54) is 0 Å². The van der Waals surface area contributed by atoms with Crippen LogP contribution >= 0.6 is 0 Å². The molecular formula is C13H17F4N. The summed E-state index contributed by atoms with van der Waals surface area (Å²) in [4.78, 5) is 0. The fourth-order valence-corrected chi connectivity index (χ4v) is 1.83. The van der Waals surface area contributed by atoms with E-state index >= 15 is 0 Å². The van der Waals surface area contributed by atoms with Gasteiger partial charge in [-0.25, -0.2) is 4.39 Å². The zero-order valence-corrected chi connectivity index (χ0v) is 10.6. The Kier molecular flexibility index (Phi) is 4.73. The molecule has 0 bridgehead atoms. The Morgan fingerprint density at radius 2 is 1.78 bits per heavy atom. The third-order valence-electron chi connectivity index (χ3n) is 2.59. The summed E-state index contributed by atoms with van der Waals surface area (Å²) in [5, 5.41) is 3.12. The third kappa shape index (κ3) is 3.98. The fourth-order valence-electron chi connectivity index (χ4n) is 1.83. The summed E-state index contributed by atoms with van der Waals surface area (Å²) in [5.41, 5.74) is -0.611. The van der Waals surface area contributed by atoms with Gasteiger partial charge >= 0.3 is 6.18 Å². The van der Waals surface area contributed by atoms with Gasteiger partial charge in [-0.3, -0.25) is 0 Å². The summed E-state index contributed by atoms with van der Waals surface area (Å²) in [7, 11) is 0. The van der Waals surface area contributed by atoms with Gasteiger partial charge in [0.15, 0.2) is 0 Å². The summed E-state index contributed by atoms with van der Waals surface area (Å²) < 4.78 is 51.0. The summed E-state index contributed by atoms with van der Waals surface area (Å²) in [5.74, 6) is -0.858. The number of nitrogens with one attached hydrogen (secondary N) is 1. The van der Waals surface area contributed by atoms with Crippen molar-refractivity contribution < 1.29 is 17.6 Å². The minimum absolute atomic E-state index is 0.118. The number of alkyl halides is 3. The zero-order chi connectivity index (χ0) is 13.9.